The number of aromatic nitrogens is 2. The lowest BCUT2D eigenvalue weighted by Gasteiger charge is -2.23. The topological polar surface area (TPSA) is 55.0 Å². The van der Waals surface area contributed by atoms with Gasteiger partial charge in [0.05, 0.1) is 6.54 Å². The van der Waals surface area contributed by atoms with E-state index in [1.54, 1.807) is 12.4 Å². The predicted octanol–water partition coefficient (Wildman–Crippen LogP) is 2.35. The van der Waals surface area contributed by atoms with Crippen LogP contribution in [0, 0.1) is 0 Å². The third kappa shape index (κ3) is 3.76. The Bertz CT molecular complexity index is 481. The molecule has 0 fully saturated rings. The van der Waals surface area contributed by atoms with Gasteiger partial charge in [0.25, 0.3) is 0 Å². The molecule has 4 nitrogen and oxygen atoms in total. The zero-order valence-corrected chi connectivity index (χ0v) is 11.3. The second kappa shape index (κ2) is 6.85. The fraction of sp³-hybridized carbons (Fsp3) is 0.333. The SMILES string of the molecule is CCCN(Cc1ncccn1)c1ccc(CN)cc1. The maximum atomic E-state index is 5.62. The van der Waals surface area contributed by atoms with Gasteiger partial charge in [-0.2, -0.15) is 0 Å². The van der Waals surface area contributed by atoms with E-state index in [1.807, 2.05) is 6.07 Å². The van der Waals surface area contributed by atoms with Gasteiger partial charge in [-0.25, -0.2) is 9.97 Å². The van der Waals surface area contributed by atoms with Gasteiger partial charge in [-0.15, -0.1) is 0 Å². The lowest BCUT2D eigenvalue weighted by molar-refractivity contribution is 0.735. The number of nitrogens with zero attached hydrogens (tertiary/aromatic N) is 3. The fourth-order valence-corrected chi connectivity index (χ4v) is 1.99. The lowest BCUT2D eigenvalue weighted by Crippen LogP contribution is -2.24. The van der Waals surface area contributed by atoms with E-state index in [2.05, 4.69) is 46.1 Å². The highest BCUT2D eigenvalue weighted by molar-refractivity contribution is 5.47. The third-order valence-corrected chi connectivity index (χ3v) is 2.98. The standard InChI is InChI=1S/C15H20N4/c1-2-10-19(12-15-17-8-3-9-18-15)14-6-4-13(11-16)5-7-14/h3-9H,2,10-12,16H2,1H3. The minimum atomic E-state index is 0.579. The molecule has 0 amide bonds. The van der Waals surface area contributed by atoms with E-state index in [1.165, 1.54) is 5.69 Å². The molecule has 2 aromatic rings. The van der Waals surface area contributed by atoms with Crippen molar-refractivity contribution in [1.29, 1.82) is 0 Å². The summed E-state index contributed by atoms with van der Waals surface area (Å²) >= 11 is 0. The summed E-state index contributed by atoms with van der Waals surface area (Å²) < 4.78 is 0. The fourth-order valence-electron chi connectivity index (χ4n) is 1.99. The molecule has 0 saturated carbocycles. The first-order chi connectivity index (χ1) is 9.33. The van der Waals surface area contributed by atoms with Crippen LogP contribution in [-0.4, -0.2) is 16.5 Å². The Labute approximate surface area is 114 Å². The number of anilines is 1. The Kier molecular flexibility index (Phi) is 4.86. The lowest BCUT2D eigenvalue weighted by atomic mass is 10.2. The number of hydrogen-bond donors (Lipinski definition) is 1. The minimum Gasteiger partial charge on any atom is -0.364 e. The molecule has 0 spiro atoms. The zero-order chi connectivity index (χ0) is 13.5. The smallest absolute Gasteiger partial charge is 0.147 e. The van der Waals surface area contributed by atoms with Crippen molar-refractivity contribution >= 4 is 5.69 Å². The van der Waals surface area contributed by atoms with Crippen LogP contribution in [0.3, 0.4) is 0 Å². The summed E-state index contributed by atoms with van der Waals surface area (Å²) in [5, 5.41) is 0. The zero-order valence-electron chi connectivity index (χ0n) is 11.3. The van der Waals surface area contributed by atoms with E-state index in [0.717, 1.165) is 30.9 Å². The molecule has 0 radical (unpaired) electrons. The molecule has 0 bridgehead atoms. The summed E-state index contributed by atoms with van der Waals surface area (Å²) in [4.78, 5) is 10.9. The predicted molar refractivity (Wildman–Crippen MR) is 77.7 cm³/mol. The molecule has 0 aliphatic rings. The van der Waals surface area contributed by atoms with Gasteiger partial charge in [0.2, 0.25) is 0 Å². The molecule has 0 aliphatic heterocycles. The second-order valence-corrected chi connectivity index (χ2v) is 4.46. The number of nitrogens with two attached hydrogens (primary N) is 1. The van der Waals surface area contributed by atoms with Crippen molar-refractivity contribution in [3.05, 3.63) is 54.1 Å². The maximum Gasteiger partial charge on any atom is 0.147 e. The van der Waals surface area contributed by atoms with Crippen molar-refractivity contribution in [2.45, 2.75) is 26.4 Å². The van der Waals surface area contributed by atoms with E-state index in [0.29, 0.717) is 6.54 Å². The van der Waals surface area contributed by atoms with Crippen LogP contribution in [0.15, 0.2) is 42.7 Å². The largest absolute Gasteiger partial charge is 0.364 e. The molecule has 4 heteroatoms. The van der Waals surface area contributed by atoms with Crippen LogP contribution >= 0.6 is 0 Å². The second-order valence-electron chi connectivity index (χ2n) is 4.46. The molecule has 1 heterocycles. The van der Waals surface area contributed by atoms with Gasteiger partial charge in [-0.1, -0.05) is 19.1 Å². The first-order valence-corrected chi connectivity index (χ1v) is 6.63. The average molecular weight is 256 g/mol. The Morgan fingerprint density at radius 2 is 1.79 bits per heavy atom. The van der Waals surface area contributed by atoms with Crippen molar-refractivity contribution in [2.24, 2.45) is 5.73 Å². The summed E-state index contributed by atoms with van der Waals surface area (Å²) in [5.74, 6) is 0.846. The normalized spacial score (nSPS) is 10.4. The molecule has 0 unspecified atom stereocenters. The third-order valence-electron chi connectivity index (χ3n) is 2.98. The van der Waals surface area contributed by atoms with E-state index in [-0.39, 0.29) is 0 Å². The summed E-state index contributed by atoms with van der Waals surface area (Å²) in [7, 11) is 0. The highest BCUT2D eigenvalue weighted by atomic mass is 15.1. The van der Waals surface area contributed by atoms with Crippen molar-refractivity contribution in [3.63, 3.8) is 0 Å². The summed E-state index contributed by atoms with van der Waals surface area (Å²) in [6, 6.07) is 10.2. The van der Waals surface area contributed by atoms with Crippen molar-refractivity contribution in [1.82, 2.24) is 9.97 Å². The van der Waals surface area contributed by atoms with Gasteiger partial charge >= 0.3 is 0 Å². The van der Waals surface area contributed by atoms with Gasteiger partial charge < -0.3 is 10.6 Å². The molecule has 100 valence electrons. The van der Waals surface area contributed by atoms with Crippen molar-refractivity contribution in [3.8, 4) is 0 Å². The minimum absolute atomic E-state index is 0.579. The van der Waals surface area contributed by atoms with Crippen LogP contribution in [-0.2, 0) is 13.1 Å². The quantitative estimate of drug-likeness (QED) is 0.862. The summed E-state index contributed by atoms with van der Waals surface area (Å²) in [6.45, 7) is 4.47. The number of benzene rings is 1. The highest BCUT2D eigenvalue weighted by Crippen LogP contribution is 2.17. The van der Waals surface area contributed by atoms with Gasteiger partial charge in [0, 0.05) is 31.2 Å². The van der Waals surface area contributed by atoms with Crippen LogP contribution < -0.4 is 10.6 Å². The summed E-state index contributed by atoms with van der Waals surface area (Å²) in [6.07, 6.45) is 4.65. The monoisotopic (exact) mass is 256 g/mol. The molecular formula is C15H20N4. The van der Waals surface area contributed by atoms with Gasteiger partial charge in [-0.3, -0.25) is 0 Å². The molecule has 0 saturated heterocycles. The molecule has 2 rings (SSSR count). The van der Waals surface area contributed by atoms with Crippen molar-refractivity contribution in [2.75, 3.05) is 11.4 Å². The Morgan fingerprint density at radius 3 is 2.37 bits per heavy atom. The molecule has 1 aromatic heterocycles. The molecule has 0 aliphatic carbocycles. The van der Waals surface area contributed by atoms with E-state index in [9.17, 15) is 0 Å². The molecule has 0 atom stereocenters. The molecule has 2 N–H and O–H groups in total. The molecular weight excluding hydrogens is 236 g/mol. The van der Waals surface area contributed by atoms with E-state index >= 15 is 0 Å². The van der Waals surface area contributed by atoms with E-state index in [4.69, 9.17) is 5.73 Å². The van der Waals surface area contributed by atoms with Gasteiger partial charge in [-0.05, 0) is 30.2 Å². The number of rotatable bonds is 6. The average Bonchev–Trinajstić information content (AvgIpc) is 2.48. The Balaban J connectivity index is 2.14. The maximum absolute atomic E-state index is 5.62. The molecule has 19 heavy (non-hydrogen) atoms. The Hall–Kier alpha value is -1.94. The van der Waals surface area contributed by atoms with Crippen LogP contribution in [0.5, 0.6) is 0 Å². The van der Waals surface area contributed by atoms with Gasteiger partial charge in [0.15, 0.2) is 0 Å². The van der Waals surface area contributed by atoms with Crippen LogP contribution in [0.4, 0.5) is 5.69 Å². The molecule has 1 aromatic carbocycles. The van der Waals surface area contributed by atoms with E-state index < -0.39 is 0 Å². The first kappa shape index (κ1) is 13.5. The summed E-state index contributed by atoms with van der Waals surface area (Å²) in [5.41, 5.74) is 7.96. The van der Waals surface area contributed by atoms with Crippen LogP contribution in [0.1, 0.15) is 24.7 Å². The number of hydrogen-bond acceptors (Lipinski definition) is 4. The van der Waals surface area contributed by atoms with Gasteiger partial charge in [0.1, 0.15) is 5.82 Å². The Morgan fingerprint density at radius 1 is 1.11 bits per heavy atom. The van der Waals surface area contributed by atoms with Crippen molar-refractivity contribution < 1.29 is 0 Å². The van der Waals surface area contributed by atoms with Crippen LogP contribution in [0.25, 0.3) is 0 Å². The highest BCUT2D eigenvalue weighted by Gasteiger charge is 2.07. The van der Waals surface area contributed by atoms with Crippen LogP contribution in [0.2, 0.25) is 0 Å². The first-order valence-electron chi connectivity index (χ1n) is 6.63.